The molecular weight excluding hydrogens is 314 g/mol. The molecule has 0 N–H and O–H groups in total. The lowest BCUT2D eigenvalue weighted by atomic mass is 9.89. The first-order chi connectivity index (χ1) is 12.3. The molecule has 1 aromatic carbocycles. The quantitative estimate of drug-likeness (QED) is 0.728. The summed E-state index contributed by atoms with van der Waals surface area (Å²) < 4.78 is 1.60. The molecule has 0 unspecified atom stereocenters. The van der Waals surface area contributed by atoms with Crippen LogP contribution in [0.25, 0.3) is 5.69 Å². The number of nitrogens with zero attached hydrogens (tertiary/aromatic N) is 5. The Labute approximate surface area is 148 Å². The molecule has 6 nitrogen and oxygen atoms in total. The first-order valence-electron chi connectivity index (χ1n) is 8.97. The minimum Gasteiger partial charge on any atom is -0.338 e. The average Bonchev–Trinajstić information content (AvgIpc) is 3.17. The number of benzene rings is 1. The van der Waals surface area contributed by atoms with Crippen LogP contribution in [0.3, 0.4) is 0 Å². The highest BCUT2D eigenvalue weighted by Gasteiger charge is 2.20. The van der Waals surface area contributed by atoms with Crippen molar-refractivity contribution < 1.29 is 4.79 Å². The fourth-order valence-corrected chi connectivity index (χ4v) is 3.45. The molecule has 1 amide bonds. The molecule has 0 atom stereocenters. The number of hydrogen-bond donors (Lipinski definition) is 0. The molecule has 25 heavy (non-hydrogen) atoms. The zero-order valence-corrected chi connectivity index (χ0v) is 14.5. The van der Waals surface area contributed by atoms with E-state index in [1.807, 2.05) is 35.2 Å². The molecule has 1 saturated carbocycles. The summed E-state index contributed by atoms with van der Waals surface area (Å²) in [5, 5.41) is 11.1. The predicted octanol–water partition coefficient (Wildman–Crippen LogP) is 2.80. The third-order valence-corrected chi connectivity index (χ3v) is 4.81. The van der Waals surface area contributed by atoms with Crippen molar-refractivity contribution in [2.45, 2.75) is 38.5 Å². The van der Waals surface area contributed by atoms with E-state index in [0.717, 1.165) is 17.8 Å². The van der Waals surface area contributed by atoms with Crippen LogP contribution in [0.1, 0.15) is 37.7 Å². The summed E-state index contributed by atoms with van der Waals surface area (Å²) in [6.45, 7) is 5.29. The maximum absolute atomic E-state index is 12.7. The smallest absolute Gasteiger partial charge is 0.227 e. The molecule has 1 aliphatic rings. The van der Waals surface area contributed by atoms with Crippen LogP contribution in [0.15, 0.2) is 43.2 Å². The van der Waals surface area contributed by atoms with Gasteiger partial charge in [0.05, 0.1) is 12.1 Å². The number of hydrogen-bond acceptors (Lipinski definition) is 4. The molecular formula is C19H25N5O. The van der Waals surface area contributed by atoms with Crippen molar-refractivity contribution in [3.8, 4) is 5.69 Å². The molecule has 1 heterocycles. The van der Waals surface area contributed by atoms with Gasteiger partial charge in [0.2, 0.25) is 5.91 Å². The lowest BCUT2D eigenvalue weighted by Gasteiger charge is -2.29. The van der Waals surface area contributed by atoms with Crippen LogP contribution in [-0.2, 0) is 11.2 Å². The van der Waals surface area contributed by atoms with Crippen LogP contribution >= 0.6 is 0 Å². The summed E-state index contributed by atoms with van der Waals surface area (Å²) in [6.07, 6.45) is 10.2. The van der Waals surface area contributed by atoms with Crippen molar-refractivity contribution in [2.75, 3.05) is 13.1 Å². The molecule has 1 aliphatic carbocycles. The normalized spacial score (nSPS) is 15.0. The van der Waals surface area contributed by atoms with Gasteiger partial charge in [0.25, 0.3) is 0 Å². The largest absolute Gasteiger partial charge is 0.338 e. The standard InChI is InChI=1S/C19H25N5O/c1-2-12-23(14-17-6-4-3-5-7-17)19(25)13-16-8-10-18(11-9-16)24-15-20-21-22-24/h2,8-11,15,17H,1,3-7,12-14H2. The van der Waals surface area contributed by atoms with Crippen LogP contribution in [0.5, 0.6) is 0 Å². The number of tetrazole rings is 1. The van der Waals surface area contributed by atoms with Gasteiger partial charge in [0.15, 0.2) is 0 Å². The molecule has 1 aromatic heterocycles. The SMILES string of the molecule is C=CCN(CC1CCCCC1)C(=O)Cc1ccc(-n2cnnn2)cc1. The second-order valence-electron chi connectivity index (χ2n) is 6.69. The number of rotatable bonds is 7. The van der Waals surface area contributed by atoms with Gasteiger partial charge in [0, 0.05) is 13.1 Å². The maximum Gasteiger partial charge on any atom is 0.227 e. The maximum atomic E-state index is 12.7. The van der Waals surface area contributed by atoms with Crippen molar-refractivity contribution in [3.63, 3.8) is 0 Å². The van der Waals surface area contributed by atoms with Gasteiger partial charge in [-0.05, 0) is 46.9 Å². The lowest BCUT2D eigenvalue weighted by Crippen LogP contribution is -2.37. The second-order valence-corrected chi connectivity index (χ2v) is 6.69. The molecule has 0 bridgehead atoms. The van der Waals surface area contributed by atoms with Gasteiger partial charge in [-0.3, -0.25) is 4.79 Å². The summed E-state index contributed by atoms with van der Waals surface area (Å²) in [7, 11) is 0. The Morgan fingerprint density at radius 3 is 2.64 bits per heavy atom. The number of carbonyl (C=O) groups is 1. The topological polar surface area (TPSA) is 63.9 Å². The Balaban J connectivity index is 1.60. The van der Waals surface area contributed by atoms with Gasteiger partial charge < -0.3 is 4.90 Å². The van der Waals surface area contributed by atoms with Crippen molar-refractivity contribution in [1.29, 1.82) is 0 Å². The van der Waals surface area contributed by atoms with Crippen molar-refractivity contribution in [1.82, 2.24) is 25.1 Å². The Morgan fingerprint density at radius 1 is 1.24 bits per heavy atom. The molecule has 6 heteroatoms. The van der Waals surface area contributed by atoms with Crippen molar-refractivity contribution in [3.05, 3.63) is 48.8 Å². The summed E-state index contributed by atoms with van der Waals surface area (Å²) in [6, 6.07) is 7.78. The Hall–Kier alpha value is -2.50. The zero-order valence-electron chi connectivity index (χ0n) is 14.5. The van der Waals surface area contributed by atoms with Crippen molar-refractivity contribution >= 4 is 5.91 Å². The molecule has 2 aromatic rings. The van der Waals surface area contributed by atoms with Gasteiger partial charge >= 0.3 is 0 Å². The number of aromatic nitrogens is 4. The Bertz CT molecular complexity index is 674. The van der Waals surface area contributed by atoms with E-state index in [1.54, 1.807) is 11.0 Å². The van der Waals surface area contributed by atoms with Gasteiger partial charge in [0.1, 0.15) is 6.33 Å². The summed E-state index contributed by atoms with van der Waals surface area (Å²) in [5.41, 5.74) is 1.88. The first-order valence-corrected chi connectivity index (χ1v) is 8.97. The highest BCUT2D eigenvalue weighted by molar-refractivity contribution is 5.79. The van der Waals surface area contributed by atoms with E-state index >= 15 is 0 Å². The van der Waals surface area contributed by atoms with Gasteiger partial charge in [-0.15, -0.1) is 11.7 Å². The van der Waals surface area contributed by atoms with Crippen LogP contribution in [-0.4, -0.2) is 44.1 Å². The number of amides is 1. The van der Waals surface area contributed by atoms with Gasteiger partial charge in [-0.25, -0.2) is 4.68 Å². The lowest BCUT2D eigenvalue weighted by molar-refractivity contribution is -0.130. The van der Waals surface area contributed by atoms with Gasteiger partial charge in [-0.1, -0.05) is 37.5 Å². The average molecular weight is 339 g/mol. The summed E-state index contributed by atoms with van der Waals surface area (Å²) in [4.78, 5) is 14.7. The van der Waals surface area contributed by atoms with Crippen LogP contribution in [0.4, 0.5) is 0 Å². The van der Waals surface area contributed by atoms with Gasteiger partial charge in [-0.2, -0.15) is 0 Å². The molecule has 0 aliphatic heterocycles. The third-order valence-electron chi connectivity index (χ3n) is 4.81. The zero-order chi connectivity index (χ0) is 17.5. The third kappa shape index (κ3) is 4.75. The fraction of sp³-hybridized carbons (Fsp3) is 0.474. The van der Waals surface area contributed by atoms with E-state index in [1.165, 1.54) is 32.1 Å². The molecule has 3 rings (SSSR count). The van der Waals surface area contributed by atoms with E-state index in [-0.39, 0.29) is 5.91 Å². The Morgan fingerprint density at radius 2 is 2.00 bits per heavy atom. The van der Waals surface area contributed by atoms with Crippen LogP contribution in [0, 0.1) is 5.92 Å². The monoisotopic (exact) mass is 339 g/mol. The van der Waals surface area contributed by atoms with Crippen molar-refractivity contribution in [2.24, 2.45) is 5.92 Å². The predicted molar refractivity (Wildman–Crippen MR) is 96.2 cm³/mol. The van der Waals surface area contributed by atoms with E-state index in [4.69, 9.17) is 0 Å². The van der Waals surface area contributed by atoms with Crippen LogP contribution < -0.4 is 0 Å². The Kier molecular flexibility index (Phi) is 5.93. The van der Waals surface area contributed by atoms with E-state index in [0.29, 0.717) is 18.9 Å². The molecule has 0 saturated heterocycles. The van der Waals surface area contributed by atoms with E-state index in [9.17, 15) is 4.79 Å². The first kappa shape index (κ1) is 17.3. The fourth-order valence-electron chi connectivity index (χ4n) is 3.45. The van der Waals surface area contributed by atoms with Crippen LogP contribution in [0.2, 0.25) is 0 Å². The molecule has 0 spiro atoms. The van der Waals surface area contributed by atoms with E-state index in [2.05, 4.69) is 22.1 Å². The van der Waals surface area contributed by atoms with E-state index < -0.39 is 0 Å². The summed E-state index contributed by atoms with van der Waals surface area (Å²) >= 11 is 0. The molecule has 1 fully saturated rings. The number of carbonyl (C=O) groups excluding carboxylic acids is 1. The molecule has 132 valence electrons. The second kappa shape index (κ2) is 8.55. The molecule has 0 radical (unpaired) electrons. The summed E-state index contributed by atoms with van der Waals surface area (Å²) in [5.74, 6) is 0.806. The minimum atomic E-state index is 0.167. The highest BCUT2D eigenvalue weighted by atomic mass is 16.2. The highest BCUT2D eigenvalue weighted by Crippen LogP contribution is 2.24. The minimum absolute atomic E-state index is 0.167.